The number of aromatic carboxylic acids is 1. The van der Waals surface area contributed by atoms with E-state index in [-0.39, 0.29) is 16.1 Å². The van der Waals surface area contributed by atoms with Gasteiger partial charge in [-0.1, -0.05) is 18.2 Å². The second-order valence-corrected chi connectivity index (χ2v) is 6.41. The molecule has 3 N–H and O–H groups in total. The Morgan fingerprint density at radius 1 is 1.00 bits per heavy atom. The maximum absolute atomic E-state index is 12.3. The van der Waals surface area contributed by atoms with E-state index in [0.29, 0.717) is 5.56 Å². The van der Waals surface area contributed by atoms with Crippen molar-refractivity contribution in [2.75, 3.05) is 4.72 Å². The molecule has 0 aliphatic carbocycles. The van der Waals surface area contributed by atoms with E-state index in [9.17, 15) is 18.0 Å². The fourth-order valence-electron chi connectivity index (χ4n) is 1.86. The molecular weight excluding hydrogens is 334 g/mol. The number of rotatable bonds is 6. The SMILES string of the molecule is O=C(O)/C=C/c1ccc(S(=O)(=O)Nc2cccc(C(=O)O)c2)cc1. The van der Waals surface area contributed by atoms with Gasteiger partial charge in [0, 0.05) is 11.8 Å². The third-order valence-corrected chi connectivity index (χ3v) is 4.37. The molecule has 0 bridgehead atoms. The molecule has 0 spiro atoms. The summed E-state index contributed by atoms with van der Waals surface area (Å²) in [5, 5.41) is 17.5. The molecule has 0 unspecified atom stereocenters. The average Bonchev–Trinajstić information content (AvgIpc) is 2.53. The largest absolute Gasteiger partial charge is 0.478 e. The van der Waals surface area contributed by atoms with Gasteiger partial charge < -0.3 is 10.2 Å². The molecule has 0 aromatic heterocycles. The topological polar surface area (TPSA) is 121 Å². The number of benzene rings is 2. The Hall–Kier alpha value is -3.13. The van der Waals surface area contributed by atoms with E-state index in [1.54, 1.807) is 0 Å². The van der Waals surface area contributed by atoms with Gasteiger partial charge in [-0.05, 0) is 42.0 Å². The first-order valence-corrected chi connectivity index (χ1v) is 8.13. The van der Waals surface area contributed by atoms with E-state index in [1.165, 1.54) is 54.6 Å². The third kappa shape index (κ3) is 4.43. The molecule has 8 heteroatoms. The molecule has 0 heterocycles. The van der Waals surface area contributed by atoms with Crippen LogP contribution in [0.15, 0.2) is 59.5 Å². The first kappa shape index (κ1) is 17.2. The van der Waals surface area contributed by atoms with E-state index < -0.39 is 22.0 Å². The van der Waals surface area contributed by atoms with Crippen LogP contribution in [0.3, 0.4) is 0 Å². The minimum Gasteiger partial charge on any atom is -0.478 e. The molecule has 0 saturated carbocycles. The molecule has 2 aromatic carbocycles. The third-order valence-electron chi connectivity index (χ3n) is 2.97. The molecule has 2 aromatic rings. The lowest BCUT2D eigenvalue weighted by molar-refractivity contribution is -0.131. The van der Waals surface area contributed by atoms with Crippen molar-refractivity contribution in [3.05, 3.63) is 65.7 Å². The quantitative estimate of drug-likeness (QED) is 0.689. The van der Waals surface area contributed by atoms with Gasteiger partial charge in [-0.2, -0.15) is 0 Å². The lowest BCUT2D eigenvalue weighted by Crippen LogP contribution is -2.13. The van der Waals surface area contributed by atoms with E-state index >= 15 is 0 Å². The van der Waals surface area contributed by atoms with Crippen LogP contribution in [0.1, 0.15) is 15.9 Å². The smallest absolute Gasteiger partial charge is 0.335 e. The van der Waals surface area contributed by atoms with Gasteiger partial charge in [0.25, 0.3) is 10.0 Å². The number of carbonyl (C=O) groups is 2. The average molecular weight is 347 g/mol. The molecule has 0 aliphatic rings. The second-order valence-electron chi connectivity index (χ2n) is 4.73. The zero-order valence-corrected chi connectivity index (χ0v) is 13.0. The van der Waals surface area contributed by atoms with Crippen molar-refractivity contribution in [2.45, 2.75) is 4.90 Å². The number of sulfonamides is 1. The molecule has 0 aliphatic heterocycles. The van der Waals surface area contributed by atoms with Crippen LogP contribution in [-0.4, -0.2) is 30.6 Å². The van der Waals surface area contributed by atoms with Gasteiger partial charge in [-0.25, -0.2) is 18.0 Å². The normalized spacial score (nSPS) is 11.3. The highest BCUT2D eigenvalue weighted by Crippen LogP contribution is 2.18. The Morgan fingerprint density at radius 3 is 2.25 bits per heavy atom. The zero-order valence-electron chi connectivity index (χ0n) is 12.2. The molecule has 0 amide bonds. The maximum atomic E-state index is 12.3. The van der Waals surface area contributed by atoms with Crippen LogP contribution in [0.4, 0.5) is 5.69 Å². The predicted octanol–water partition coefficient (Wildman–Crippen LogP) is 2.28. The number of anilines is 1. The molecule has 0 fully saturated rings. The monoisotopic (exact) mass is 347 g/mol. The van der Waals surface area contributed by atoms with Crippen molar-refractivity contribution in [3.8, 4) is 0 Å². The Bertz CT molecular complexity index is 900. The summed E-state index contributed by atoms with van der Waals surface area (Å²) in [5.41, 5.74) is 0.623. The first-order chi connectivity index (χ1) is 11.3. The Kier molecular flexibility index (Phi) is 5.00. The van der Waals surface area contributed by atoms with Crippen molar-refractivity contribution in [1.29, 1.82) is 0 Å². The van der Waals surface area contributed by atoms with Crippen molar-refractivity contribution in [1.82, 2.24) is 0 Å². The number of hydrogen-bond donors (Lipinski definition) is 3. The molecule has 7 nitrogen and oxygen atoms in total. The van der Waals surface area contributed by atoms with Crippen molar-refractivity contribution in [2.24, 2.45) is 0 Å². The van der Waals surface area contributed by atoms with Gasteiger partial charge in [0.05, 0.1) is 10.5 Å². The van der Waals surface area contributed by atoms with Gasteiger partial charge in [0.15, 0.2) is 0 Å². The number of hydrogen-bond acceptors (Lipinski definition) is 4. The van der Waals surface area contributed by atoms with Crippen LogP contribution < -0.4 is 4.72 Å². The standard InChI is InChI=1S/C16H13NO6S/c18-15(19)9-6-11-4-7-14(8-5-11)24(22,23)17-13-3-1-2-12(10-13)16(20)21/h1-10,17H,(H,18,19)(H,20,21)/b9-6+. The number of nitrogens with one attached hydrogen (secondary N) is 1. The van der Waals surface area contributed by atoms with Crippen LogP contribution in [0.2, 0.25) is 0 Å². The van der Waals surface area contributed by atoms with Crippen LogP contribution in [-0.2, 0) is 14.8 Å². The summed E-state index contributed by atoms with van der Waals surface area (Å²) in [4.78, 5) is 21.3. The molecule has 0 saturated heterocycles. The van der Waals surface area contributed by atoms with Crippen LogP contribution in [0, 0.1) is 0 Å². The summed E-state index contributed by atoms with van der Waals surface area (Å²) in [6.07, 6.45) is 2.28. The number of carboxylic acid groups (broad SMARTS) is 2. The highest BCUT2D eigenvalue weighted by molar-refractivity contribution is 7.92. The van der Waals surface area contributed by atoms with Gasteiger partial charge in [-0.3, -0.25) is 4.72 Å². The van der Waals surface area contributed by atoms with E-state index in [1.807, 2.05) is 0 Å². The minimum atomic E-state index is -3.89. The number of carboxylic acids is 2. The first-order valence-electron chi connectivity index (χ1n) is 6.65. The molecule has 124 valence electrons. The van der Waals surface area contributed by atoms with Crippen molar-refractivity contribution in [3.63, 3.8) is 0 Å². The zero-order chi connectivity index (χ0) is 17.7. The fourth-order valence-corrected chi connectivity index (χ4v) is 2.90. The molecule has 0 radical (unpaired) electrons. The summed E-state index contributed by atoms with van der Waals surface area (Å²) in [7, 11) is -3.89. The molecule has 24 heavy (non-hydrogen) atoms. The van der Waals surface area contributed by atoms with E-state index in [4.69, 9.17) is 10.2 Å². The van der Waals surface area contributed by atoms with Gasteiger partial charge in [0.2, 0.25) is 0 Å². The van der Waals surface area contributed by atoms with Crippen LogP contribution in [0.25, 0.3) is 6.08 Å². The Labute approximate surface area is 137 Å². The predicted molar refractivity (Wildman–Crippen MR) is 87.3 cm³/mol. The Balaban J connectivity index is 2.23. The van der Waals surface area contributed by atoms with Crippen LogP contribution in [0.5, 0.6) is 0 Å². The van der Waals surface area contributed by atoms with E-state index in [2.05, 4.69) is 4.72 Å². The summed E-state index contributed by atoms with van der Waals surface area (Å²) in [6.45, 7) is 0. The van der Waals surface area contributed by atoms with E-state index in [0.717, 1.165) is 6.08 Å². The van der Waals surface area contributed by atoms with Crippen molar-refractivity contribution >= 4 is 33.7 Å². The minimum absolute atomic E-state index is 0.0318. The number of aliphatic carboxylic acids is 1. The summed E-state index contributed by atoms with van der Waals surface area (Å²) in [6, 6.07) is 11.0. The highest BCUT2D eigenvalue weighted by atomic mass is 32.2. The van der Waals surface area contributed by atoms with Gasteiger partial charge in [-0.15, -0.1) is 0 Å². The van der Waals surface area contributed by atoms with Crippen molar-refractivity contribution < 1.29 is 28.2 Å². The molecule has 0 atom stereocenters. The second kappa shape index (κ2) is 6.97. The maximum Gasteiger partial charge on any atom is 0.335 e. The highest BCUT2D eigenvalue weighted by Gasteiger charge is 2.14. The summed E-state index contributed by atoms with van der Waals surface area (Å²) < 4.78 is 26.9. The lowest BCUT2D eigenvalue weighted by Gasteiger charge is -2.09. The fraction of sp³-hybridized carbons (Fsp3) is 0. The van der Waals surface area contributed by atoms with Crippen LogP contribution >= 0.6 is 0 Å². The molecule has 2 rings (SSSR count). The summed E-state index contributed by atoms with van der Waals surface area (Å²) >= 11 is 0. The molecular formula is C16H13NO6S. The summed E-state index contributed by atoms with van der Waals surface area (Å²) in [5.74, 6) is -2.27. The van der Waals surface area contributed by atoms with Gasteiger partial charge in [0.1, 0.15) is 0 Å². The van der Waals surface area contributed by atoms with Gasteiger partial charge >= 0.3 is 11.9 Å². The lowest BCUT2D eigenvalue weighted by atomic mass is 10.2. The Morgan fingerprint density at radius 2 is 1.67 bits per heavy atom.